The quantitative estimate of drug-likeness (QED) is 0.200. The number of Topliss-reactive ketones (excluding diaryl/α,β-unsaturated/α-hetero) is 1. The van der Waals surface area contributed by atoms with Crippen LogP contribution >= 0.6 is 0 Å². The predicted octanol–water partition coefficient (Wildman–Crippen LogP) is 7.18. The monoisotopic (exact) mass is 527 g/mol. The molecule has 3 aromatic carbocycles. The van der Waals surface area contributed by atoms with Gasteiger partial charge in [-0.05, 0) is 80.6 Å². The summed E-state index contributed by atoms with van der Waals surface area (Å²) in [6.45, 7) is 14.1. The van der Waals surface area contributed by atoms with Crippen molar-refractivity contribution >= 4 is 23.1 Å². The van der Waals surface area contributed by atoms with Gasteiger partial charge in [0.2, 0.25) is 0 Å². The number of aliphatic hydroxyl groups excluding tert-OH is 1. The number of benzene rings is 3. The molecule has 204 valence electrons. The maximum absolute atomic E-state index is 13.5. The topological polar surface area (TPSA) is 76.1 Å². The molecule has 0 spiro atoms. The summed E-state index contributed by atoms with van der Waals surface area (Å²) in [6.07, 6.45) is -0.0567. The number of nitrogens with zero attached hydrogens (tertiary/aromatic N) is 1. The molecule has 1 heterocycles. The third kappa shape index (κ3) is 6.00. The molecule has 0 radical (unpaired) electrons. The fourth-order valence-corrected chi connectivity index (χ4v) is 4.68. The predicted molar refractivity (Wildman–Crippen MR) is 154 cm³/mol. The van der Waals surface area contributed by atoms with Crippen LogP contribution in [-0.2, 0) is 15.0 Å². The van der Waals surface area contributed by atoms with E-state index < -0.39 is 17.7 Å². The van der Waals surface area contributed by atoms with Crippen LogP contribution in [-0.4, -0.2) is 29.0 Å². The fourth-order valence-electron chi connectivity index (χ4n) is 4.68. The summed E-state index contributed by atoms with van der Waals surface area (Å²) in [5.74, 6) is -0.452. The van der Waals surface area contributed by atoms with E-state index in [2.05, 4.69) is 20.8 Å². The molecule has 1 unspecified atom stereocenters. The number of aliphatic hydroxyl groups is 1. The van der Waals surface area contributed by atoms with Crippen molar-refractivity contribution in [1.29, 1.82) is 0 Å². The average Bonchev–Trinajstić information content (AvgIpc) is 3.13. The minimum absolute atomic E-state index is 0.00171. The van der Waals surface area contributed by atoms with E-state index in [1.54, 1.807) is 48.5 Å². The van der Waals surface area contributed by atoms with Gasteiger partial charge in [0.1, 0.15) is 17.3 Å². The molecule has 1 saturated heterocycles. The Labute approximate surface area is 230 Å². The number of hydrogen-bond donors (Lipinski definition) is 1. The van der Waals surface area contributed by atoms with Gasteiger partial charge in [0.25, 0.3) is 11.7 Å². The van der Waals surface area contributed by atoms with Crippen molar-refractivity contribution in [2.24, 2.45) is 0 Å². The van der Waals surface area contributed by atoms with Crippen LogP contribution in [0.1, 0.15) is 71.2 Å². The van der Waals surface area contributed by atoms with Crippen molar-refractivity contribution in [3.8, 4) is 11.5 Å². The van der Waals surface area contributed by atoms with Gasteiger partial charge in [0, 0.05) is 11.3 Å². The zero-order chi connectivity index (χ0) is 28.5. The summed E-state index contributed by atoms with van der Waals surface area (Å²) in [5, 5.41) is 11.5. The van der Waals surface area contributed by atoms with E-state index in [1.807, 2.05) is 52.0 Å². The first-order valence-corrected chi connectivity index (χ1v) is 13.3. The Morgan fingerprint density at radius 3 is 1.97 bits per heavy atom. The molecule has 3 aromatic rings. The summed E-state index contributed by atoms with van der Waals surface area (Å²) in [5.41, 5.74) is 2.76. The molecule has 1 amide bonds. The van der Waals surface area contributed by atoms with Crippen LogP contribution in [0.3, 0.4) is 0 Å². The van der Waals surface area contributed by atoms with Crippen LogP contribution in [0, 0.1) is 0 Å². The third-order valence-corrected chi connectivity index (χ3v) is 6.50. The molecular weight excluding hydrogens is 490 g/mol. The Bertz CT molecular complexity index is 1380. The lowest BCUT2D eigenvalue weighted by molar-refractivity contribution is -0.132. The average molecular weight is 528 g/mol. The first-order chi connectivity index (χ1) is 18.4. The zero-order valence-electron chi connectivity index (χ0n) is 23.7. The summed E-state index contributed by atoms with van der Waals surface area (Å²) in [7, 11) is 0. The lowest BCUT2D eigenvalue weighted by Crippen LogP contribution is -2.29. The van der Waals surface area contributed by atoms with Gasteiger partial charge in [-0.25, -0.2) is 0 Å². The van der Waals surface area contributed by atoms with Crippen LogP contribution in [0.2, 0.25) is 0 Å². The number of ketones is 1. The van der Waals surface area contributed by atoms with E-state index >= 15 is 0 Å². The van der Waals surface area contributed by atoms with Gasteiger partial charge < -0.3 is 14.6 Å². The molecule has 1 aliphatic heterocycles. The van der Waals surface area contributed by atoms with E-state index in [-0.39, 0.29) is 29.0 Å². The summed E-state index contributed by atoms with van der Waals surface area (Å²) < 4.78 is 11.6. The Morgan fingerprint density at radius 2 is 1.41 bits per heavy atom. The van der Waals surface area contributed by atoms with Crippen molar-refractivity contribution in [2.45, 2.75) is 72.1 Å². The molecule has 1 N–H and O–H groups in total. The number of carbonyl (C=O) groups excluding carboxylic acids is 2. The van der Waals surface area contributed by atoms with Crippen molar-refractivity contribution in [2.75, 3.05) is 4.90 Å². The van der Waals surface area contributed by atoms with Crippen molar-refractivity contribution in [3.63, 3.8) is 0 Å². The molecule has 1 atom stereocenters. The number of ether oxygens (including phenoxy) is 2. The van der Waals surface area contributed by atoms with Crippen molar-refractivity contribution < 1.29 is 24.2 Å². The van der Waals surface area contributed by atoms with Crippen molar-refractivity contribution in [1.82, 2.24) is 0 Å². The number of anilines is 1. The highest BCUT2D eigenvalue weighted by molar-refractivity contribution is 6.51. The standard InChI is InChI=1S/C33H37NO5/c1-20(2)38-26-17-15-25(16-18-26)34-29(22-11-13-24(14-12-22)33(5,6)7)28(31(36)32(34)37)30(35)23-9-8-10-27(19-23)39-21(3)4/h8-21,29,35H,1-7H3/b30-28-. The van der Waals surface area contributed by atoms with Crippen LogP contribution in [0.25, 0.3) is 5.76 Å². The van der Waals surface area contributed by atoms with Gasteiger partial charge in [-0.3, -0.25) is 14.5 Å². The van der Waals surface area contributed by atoms with Crippen LogP contribution in [0.5, 0.6) is 11.5 Å². The summed E-state index contributed by atoms with van der Waals surface area (Å²) in [6, 6.07) is 21.0. The summed E-state index contributed by atoms with van der Waals surface area (Å²) in [4.78, 5) is 28.5. The Morgan fingerprint density at radius 1 is 0.821 bits per heavy atom. The maximum Gasteiger partial charge on any atom is 0.300 e. The first kappa shape index (κ1) is 28.0. The van der Waals surface area contributed by atoms with Crippen molar-refractivity contribution in [3.05, 3.63) is 95.1 Å². The number of carbonyl (C=O) groups is 2. The second-order valence-corrected chi connectivity index (χ2v) is 11.4. The van der Waals surface area contributed by atoms with E-state index in [0.717, 1.165) is 11.1 Å². The zero-order valence-corrected chi connectivity index (χ0v) is 23.7. The van der Waals surface area contributed by atoms with E-state index in [1.165, 1.54) is 4.90 Å². The minimum atomic E-state index is -0.814. The molecule has 39 heavy (non-hydrogen) atoms. The van der Waals surface area contributed by atoms with Gasteiger partial charge in [-0.2, -0.15) is 0 Å². The van der Waals surface area contributed by atoms with E-state index in [4.69, 9.17) is 9.47 Å². The molecule has 1 aliphatic rings. The van der Waals surface area contributed by atoms with Gasteiger partial charge in [0.05, 0.1) is 23.8 Å². The minimum Gasteiger partial charge on any atom is -0.507 e. The molecule has 0 bridgehead atoms. The number of amides is 1. The van der Waals surface area contributed by atoms with Gasteiger partial charge in [-0.1, -0.05) is 57.2 Å². The van der Waals surface area contributed by atoms with Crippen LogP contribution in [0.4, 0.5) is 5.69 Å². The molecule has 1 fully saturated rings. The molecular formula is C33H37NO5. The van der Waals surface area contributed by atoms with Gasteiger partial charge >= 0.3 is 0 Å². The van der Waals surface area contributed by atoms with Gasteiger partial charge in [-0.15, -0.1) is 0 Å². The lowest BCUT2D eigenvalue weighted by Gasteiger charge is -2.27. The fraction of sp³-hybridized carbons (Fsp3) is 0.333. The van der Waals surface area contributed by atoms with E-state index in [0.29, 0.717) is 22.7 Å². The normalized spacial score (nSPS) is 17.3. The first-order valence-electron chi connectivity index (χ1n) is 13.3. The van der Waals surface area contributed by atoms with Crippen LogP contribution in [0.15, 0.2) is 78.4 Å². The number of rotatable bonds is 7. The maximum atomic E-state index is 13.5. The Kier molecular flexibility index (Phi) is 7.86. The largest absolute Gasteiger partial charge is 0.507 e. The molecule has 4 rings (SSSR count). The highest BCUT2D eigenvalue weighted by Gasteiger charge is 2.47. The Balaban J connectivity index is 1.86. The van der Waals surface area contributed by atoms with E-state index in [9.17, 15) is 14.7 Å². The number of hydrogen-bond acceptors (Lipinski definition) is 5. The second-order valence-electron chi connectivity index (χ2n) is 11.4. The Hall–Kier alpha value is -4.06. The lowest BCUT2D eigenvalue weighted by atomic mass is 9.85. The molecule has 6 nitrogen and oxygen atoms in total. The highest BCUT2D eigenvalue weighted by Crippen LogP contribution is 2.43. The smallest absolute Gasteiger partial charge is 0.300 e. The molecule has 0 saturated carbocycles. The molecule has 6 heteroatoms. The van der Waals surface area contributed by atoms with Gasteiger partial charge in [0.15, 0.2) is 0 Å². The molecule has 0 aliphatic carbocycles. The summed E-state index contributed by atoms with van der Waals surface area (Å²) >= 11 is 0. The highest BCUT2D eigenvalue weighted by atomic mass is 16.5. The second kappa shape index (κ2) is 11.0. The third-order valence-electron chi connectivity index (χ3n) is 6.50. The van der Waals surface area contributed by atoms with Crippen LogP contribution < -0.4 is 14.4 Å². The molecule has 0 aromatic heterocycles. The SMILES string of the molecule is CC(C)Oc1ccc(N2C(=O)C(=O)/C(=C(\O)c3cccc(OC(C)C)c3)C2c2ccc(C(C)(C)C)cc2)cc1.